The van der Waals surface area contributed by atoms with Crippen LogP contribution in [0.5, 0.6) is 5.75 Å². The van der Waals surface area contributed by atoms with E-state index in [2.05, 4.69) is 0 Å². The van der Waals surface area contributed by atoms with Crippen molar-refractivity contribution in [3.8, 4) is 16.9 Å². The first kappa shape index (κ1) is 23.3. The van der Waals surface area contributed by atoms with Crippen LogP contribution in [-0.4, -0.2) is 46.5 Å². The second kappa shape index (κ2) is 8.23. The highest BCUT2D eigenvalue weighted by atomic mass is 35.5. The number of hydrogen-bond acceptors (Lipinski definition) is 6. The number of benzene rings is 2. The van der Waals surface area contributed by atoms with Gasteiger partial charge in [-0.15, -0.1) is 0 Å². The molecule has 4 aliphatic rings. The molecule has 1 saturated heterocycles. The molecule has 0 bridgehead atoms. The van der Waals surface area contributed by atoms with E-state index in [0.717, 1.165) is 34.4 Å². The maximum atomic E-state index is 13.4. The van der Waals surface area contributed by atoms with E-state index in [9.17, 15) is 14.4 Å². The maximum Gasteiger partial charge on any atom is 0.411 e. The zero-order chi connectivity index (χ0) is 25.4. The van der Waals surface area contributed by atoms with E-state index in [-0.39, 0.29) is 11.8 Å². The number of carbonyl (C=O) groups is 3. The molecule has 7 nitrogen and oxygen atoms in total. The molecule has 36 heavy (non-hydrogen) atoms. The number of aryl methyl sites for hydroxylation is 1. The average Bonchev–Trinajstić information content (AvgIpc) is 3.47. The van der Waals surface area contributed by atoms with Crippen molar-refractivity contribution < 1.29 is 28.6 Å². The van der Waals surface area contributed by atoms with Crippen molar-refractivity contribution in [2.75, 3.05) is 0 Å². The first-order valence-electron chi connectivity index (χ1n) is 12.4. The average molecular weight is 510 g/mol. The minimum atomic E-state index is -0.865. The van der Waals surface area contributed by atoms with Crippen LogP contribution in [0.2, 0.25) is 5.02 Å². The molecular weight excluding hydrogens is 482 g/mol. The van der Waals surface area contributed by atoms with E-state index in [1.165, 1.54) is 4.90 Å². The van der Waals surface area contributed by atoms with Crippen LogP contribution < -0.4 is 4.74 Å². The van der Waals surface area contributed by atoms with Crippen LogP contribution in [0.3, 0.4) is 0 Å². The number of nitrogens with zero attached hydrogens (tertiary/aromatic N) is 1. The molecule has 2 heterocycles. The quantitative estimate of drug-likeness (QED) is 0.508. The van der Waals surface area contributed by atoms with Gasteiger partial charge in [-0.3, -0.25) is 9.69 Å². The van der Waals surface area contributed by atoms with E-state index in [4.69, 9.17) is 25.8 Å². The highest BCUT2D eigenvalue weighted by Gasteiger charge is 2.58. The molecule has 1 amide bonds. The predicted molar refractivity (Wildman–Crippen MR) is 132 cm³/mol. The zero-order valence-electron chi connectivity index (χ0n) is 20.5. The molecule has 1 saturated carbocycles. The van der Waals surface area contributed by atoms with Gasteiger partial charge in [0.1, 0.15) is 24.0 Å². The second-order valence-electron chi connectivity index (χ2n) is 11.1. The largest absolute Gasteiger partial charge is 0.488 e. The Bertz CT molecular complexity index is 1300. The fourth-order valence-electron chi connectivity index (χ4n) is 5.66. The summed E-state index contributed by atoms with van der Waals surface area (Å²) >= 11 is 6.11. The predicted octanol–water partition coefficient (Wildman–Crippen LogP) is 5.34. The Morgan fingerprint density at radius 1 is 1.06 bits per heavy atom. The lowest BCUT2D eigenvalue weighted by molar-refractivity contribution is -0.153. The summed E-state index contributed by atoms with van der Waals surface area (Å²) in [4.78, 5) is 40.8. The molecule has 6 rings (SSSR count). The molecule has 4 atom stereocenters. The Morgan fingerprint density at radius 3 is 2.61 bits per heavy atom. The lowest BCUT2D eigenvalue weighted by Gasteiger charge is -2.31. The van der Waals surface area contributed by atoms with Gasteiger partial charge in [0, 0.05) is 22.2 Å². The van der Waals surface area contributed by atoms with Gasteiger partial charge in [0.05, 0.1) is 0 Å². The number of piperidine rings is 1. The summed E-state index contributed by atoms with van der Waals surface area (Å²) in [6.07, 6.45) is 1.09. The van der Waals surface area contributed by atoms with Crippen LogP contribution >= 0.6 is 11.6 Å². The van der Waals surface area contributed by atoms with Crippen LogP contribution in [0, 0.1) is 5.92 Å². The number of ether oxygens (including phenoxy) is 3. The molecule has 2 aromatic carbocycles. The molecular formula is C28H28ClNO6. The van der Waals surface area contributed by atoms with Gasteiger partial charge in [0.15, 0.2) is 6.10 Å². The number of ketones is 1. The molecule has 0 radical (unpaired) electrons. The lowest BCUT2D eigenvalue weighted by atomic mass is 9.83. The van der Waals surface area contributed by atoms with Gasteiger partial charge in [0.25, 0.3) is 0 Å². The molecule has 0 spiro atoms. The lowest BCUT2D eigenvalue weighted by Crippen LogP contribution is -2.47. The van der Waals surface area contributed by atoms with E-state index in [1.807, 2.05) is 24.3 Å². The summed E-state index contributed by atoms with van der Waals surface area (Å²) in [6, 6.07) is 8.77. The Balaban J connectivity index is 1.20. The number of amides is 1. The van der Waals surface area contributed by atoms with Gasteiger partial charge < -0.3 is 14.2 Å². The first-order chi connectivity index (χ1) is 17.1. The monoisotopic (exact) mass is 509 g/mol. The third-order valence-corrected chi connectivity index (χ3v) is 7.65. The van der Waals surface area contributed by atoms with Crippen molar-refractivity contribution in [3.63, 3.8) is 0 Å². The Labute approximate surface area is 214 Å². The smallest absolute Gasteiger partial charge is 0.411 e. The van der Waals surface area contributed by atoms with E-state index < -0.39 is 29.8 Å². The van der Waals surface area contributed by atoms with Crippen molar-refractivity contribution in [2.45, 2.75) is 76.9 Å². The van der Waals surface area contributed by atoms with Crippen molar-refractivity contribution in [2.24, 2.45) is 5.92 Å². The molecule has 0 aromatic heterocycles. The number of likely N-dealkylation sites (tertiary alicyclic amines) is 1. The SMILES string of the molecule is CC(C)(C)OC(=O)N1C(C(=O)OC2CCc3cc4c(cc3C2=O)COc2cc(Cl)ccc2-4)C[C@H]2C[C@H]21. The van der Waals surface area contributed by atoms with E-state index in [0.29, 0.717) is 42.4 Å². The van der Waals surface area contributed by atoms with Gasteiger partial charge in [-0.2, -0.15) is 0 Å². The fraction of sp³-hybridized carbons (Fsp3) is 0.464. The first-order valence-corrected chi connectivity index (χ1v) is 12.8. The van der Waals surface area contributed by atoms with Crippen molar-refractivity contribution in [1.82, 2.24) is 4.90 Å². The Kier molecular flexibility index (Phi) is 5.34. The molecule has 2 aromatic rings. The van der Waals surface area contributed by atoms with E-state index in [1.54, 1.807) is 26.8 Å². The summed E-state index contributed by atoms with van der Waals surface area (Å²) < 4.78 is 17.2. The third-order valence-electron chi connectivity index (χ3n) is 7.42. The maximum absolute atomic E-state index is 13.4. The molecule has 8 heteroatoms. The van der Waals surface area contributed by atoms with Crippen LogP contribution in [0.15, 0.2) is 30.3 Å². The minimum absolute atomic E-state index is 0.0180. The van der Waals surface area contributed by atoms with Crippen LogP contribution in [0.25, 0.3) is 11.1 Å². The molecule has 0 N–H and O–H groups in total. The molecule has 188 valence electrons. The van der Waals surface area contributed by atoms with Gasteiger partial charge in [-0.1, -0.05) is 11.6 Å². The molecule has 2 aliphatic heterocycles. The number of Topliss-reactive ketones (excluding diaryl/α,β-unsaturated/α-hetero) is 1. The van der Waals surface area contributed by atoms with Crippen LogP contribution in [-0.2, 0) is 27.3 Å². The Hall–Kier alpha value is -3.06. The number of halogens is 1. The van der Waals surface area contributed by atoms with Gasteiger partial charge in [0.2, 0.25) is 5.78 Å². The number of carbonyl (C=O) groups excluding carboxylic acids is 3. The molecule has 2 aliphatic carbocycles. The Morgan fingerprint density at radius 2 is 1.83 bits per heavy atom. The fourth-order valence-corrected chi connectivity index (χ4v) is 5.82. The molecule has 2 fully saturated rings. The van der Waals surface area contributed by atoms with Crippen LogP contribution in [0.4, 0.5) is 4.79 Å². The van der Waals surface area contributed by atoms with Crippen molar-refractivity contribution in [1.29, 1.82) is 0 Å². The van der Waals surface area contributed by atoms with Gasteiger partial charge in [-0.05, 0) is 99.4 Å². The van der Waals surface area contributed by atoms with Gasteiger partial charge >= 0.3 is 12.1 Å². The number of esters is 1. The number of rotatable bonds is 2. The highest BCUT2D eigenvalue weighted by molar-refractivity contribution is 6.30. The van der Waals surface area contributed by atoms with Gasteiger partial charge in [-0.25, -0.2) is 9.59 Å². The minimum Gasteiger partial charge on any atom is -0.488 e. The summed E-state index contributed by atoms with van der Waals surface area (Å²) in [5.41, 5.74) is 3.75. The summed E-state index contributed by atoms with van der Waals surface area (Å²) in [5.74, 6) is 0.290. The summed E-state index contributed by atoms with van der Waals surface area (Å²) in [5, 5.41) is 0.611. The summed E-state index contributed by atoms with van der Waals surface area (Å²) in [7, 11) is 0. The highest BCUT2D eigenvalue weighted by Crippen LogP contribution is 2.49. The van der Waals surface area contributed by atoms with Crippen molar-refractivity contribution in [3.05, 3.63) is 52.0 Å². The van der Waals surface area contributed by atoms with Crippen molar-refractivity contribution >= 4 is 29.4 Å². The zero-order valence-corrected chi connectivity index (χ0v) is 21.3. The standard InChI is InChI=1S/C28H28ClNO6/c1-28(2,3)36-27(33)30-21-10-15(21)11-22(30)26(32)35-23-7-4-14-8-19-16(9-20(14)25(23)31)13-34-24-12-17(29)5-6-18(19)24/h5-6,8-9,12,15,21-23H,4,7,10-11,13H2,1-3H3/t15-,21-,22?,23?/m1/s1. The third kappa shape index (κ3) is 4.03. The second-order valence-corrected chi connectivity index (χ2v) is 11.6. The summed E-state index contributed by atoms with van der Waals surface area (Å²) in [6.45, 7) is 5.74. The van der Waals surface area contributed by atoms with Crippen LogP contribution in [0.1, 0.15) is 61.5 Å². The topological polar surface area (TPSA) is 82.1 Å². The number of hydrogen-bond donors (Lipinski definition) is 0. The molecule has 2 unspecified atom stereocenters. The number of fused-ring (bicyclic) bond motifs is 5. The van der Waals surface area contributed by atoms with E-state index >= 15 is 0 Å². The normalized spacial score (nSPS) is 25.7.